The van der Waals surface area contributed by atoms with Gasteiger partial charge in [-0.05, 0) is 59.6 Å². The Balaban J connectivity index is 0.971. The predicted octanol–water partition coefficient (Wildman–Crippen LogP) is 4.31. The first-order valence-corrected chi connectivity index (χ1v) is 17.9. The molecule has 3 aliphatic heterocycles. The largest absolute Gasteiger partial charge is 0.497 e. The highest BCUT2D eigenvalue weighted by Gasteiger charge is 2.45. The molecule has 0 bridgehead atoms. The van der Waals surface area contributed by atoms with Crippen molar-refractivity contribution in [2.45, 2.75) is 75.2 Å². The van der Waals surface area contributed by atoms with Crippen LogP contribution in [0.4, 0.5) is 24.8 Å². The molecule has 1 unspecified atom stereocenters. The van der Waals surface area contributed by atoms with Crippen LogP contribution in [0.3, 0.4) is 0 Å². The number of benzene rings is 2. The number of halogens is 3. The number of carbonyl (C=O) groups is 1. The van der Waals surface area contributed by atoms with Gasteiger partial charge in [-0.25, -0.2) is 14.6 Å². The number of rotatable bonds is 10. The third kappa shape index (κ3) is 6.95. The van der Waals surface area contributed by atoms with Gasteiger partial charge in [0.25, 0.3) is 11.5 Å². The standard InChI is InChI=1S/C38H40F3N7O5/c1-52-27-10-6-23(7-11-27)19-48-36(51)34(38(39,40)41)30(18-44-48)47-20-25-4-2-3-5-28(25)31(47)22-53-33-13-15-46(35(33)50)29-12-14-45(21-32(29)49)37-42-16-26(17-43-37)24-8-9-24/h2-7,10-11,16-18,24,29,31-33,49H,8-9,12-15,19-22H2,1H3/t29-,31?,32-,33-/m1/s1. The van der Waals surface area contributed by atoms with E-state index in [1.54, 1.807) is 41.3 Å². The Kier molecular flexibility index (Phi) is 9.31. The van der Waals surface area contributed by atoms with Gasteiger partial charge in [0.2, 0.25) is 5.95 Å². The van der Waals surface area contributed by atoms with Crippen molar-refractivity contribution in [1.82, 2.24) is 24.6 Å². The minimum atomic E-state index is -4.97. The van der Waals surface area contributed by atoms with Crippen LogP contribution in [0, 0.1) is 0 Å². The van der Waals surface area contributed by atoms with E-state index in [-0.39, 0.29) is 37.8 Å². The second-order valence-corrected chi connectivity index (χ2v) is 14.2. The number of anilines is 2. The number of aromatic nitrogens is 4. The smallest absolute Gasteiger partial charge is 0.423 e. The molecule has 4 aromatic rings. The molecule has 53 heavy (non-hydrogen) atoms. The number of fused-ring (bicyclic) bond motifs is 1. The van der Waals surface area contributed by atoms with E-state index in [0.717, 1.165) is 40.4 Å². The number of hydrogen-bond acceptors (Lipinski definition) is 10. The molecule has 2 aromatic carbocycles. The molecule has 4 atom stereocenters. The fourth-order valence-electron chi connectivity index (χ4n) is 7.83. The molecule has 5 heterocycles. The third-order valence-electron chi connectivity index (χ3n) is 10.8. The summed E-state index contributed by atoms with van der Waals surface area (Å²) >= 11 is 0. The van der Waals surface area contributed by atoms with E-state index in [1.807, 2.05) is 29.4 Å². The molecule has 8 rings (SSSR count). The summed E-state index contributed by atoms with van der Waals surface area (Å²) in [6.07, 6.45) is 1.39. The summed E-state index contributed by atoms with van der Waals surface area (Å²) < 4.78 is 56.4. The molecule has 0 spiro atoms. The molecule has 4 aliphatic rings. The average molecular weight is 732 g/mol. The first-order valence-electron chi connectivity index (χ1n) is 17.9. The fourth-order valence-corrected chi connectivity index (χ4v) is 7.83. The Morgan fingerprint density at radius 1 is 0.925 bits per heavy atom. The van der Waals surface area contributed by atoms with Crippen LogP contribution < -0.4 is 20.1 Å². The minimum absolute atomic E-state index is 0.0946. The van der Waals surface area contributed by atoms with E-state index in [4.69, 9.17) is 9.47 Å². The second-order valence-electron chi connectivity index (χ2n) is 14.2. The lowest BCUT2D eigenvalue weighted by molar-refractivity contribution is -0.141. The molecule has 2 saturated heterocycles. The van der Waals surface area contributed by atoms with Crippen molar-refractivity contribution in [1.29, 1.82) is 0 Å². The van der Waals surface area contributed by atoms with Gasteiger partial charge in [-0.15, -0.1) is 0 Å². The van der Waals surface area contributed by atoms with E-state index in [9.17, 15) is 27.9 Å². The molecular formula is C38H40F3N7O5. The first kappa shape index (κ1) is 35.0. The van der Waals surface area contributed by atoms with Gasteiger partial charge in [-0.3, -0.25) is 9.59 Å². The van der Waals surface area contributed by atoms with E-state index >= 15 is 0 Å². The van der Waals surface area contributed by atoms with Gasteiger partial charge >= 0.3 is 6.18 Å². The van der Waals surface area contributed by atoms with Crippen molar-refractivity contribution < 1.29 is 32.5 Å². The van der Waals surface area contributed by atoms with E-state index in [1.165, 1.54) is 12.0 Å². The monoisotopic (exact) mass is 731 g/mol. The van der Waals surface area contributed by atoms with Gasteiger partial charge in [-0.2, -0.15) is 18.3 Å². The van der Waals surface area contributed by atoms with Crippen LogP contribution in [0.1, 0.15) is 65.5 Å². The van der Waals surface area contributed by atoms with Crippen LogP contribution >= 0.6 is 0 Å². The maximum absolute atomic E-state index is 14.7. The van der Waals surface area contributed by atoms with Crippen molar-refractivity contribution in [3.05, 3.63) is 105 Å². The highest BCUT2D eigenvalue weighted by atomic mass is 19.4. The zero-order valence-corrected chi connectivity index (χ0v) is 29.2. The second kappa shape index (κ2) is 14.1. The van der Waals surface area contributed by atoms with Crippen molar-refractivity contribution >= 4 is 17.5 Å². The Hall–Kier alpha value is -5.02. The number of nitrogens with zero attached hydrogens (tertiary/aromatic N) is 7. The summed E-state index contributed by atoms with van der Waals surface area (Å²) in [5.74, 6) is 1.42. The summed E-state index contributed by atoms with van der Waals surface area (Å²) in [4.78, 5) is 41.3. The lowest BCUT2D eigenvalue weighted by Gasteiger charge is -2.40. The molecule has 278 valence electrons. The number of alkyl halides is 3. The van der Waals surface area contributed by atoms with Crippen LogP contribution in [-0.2, 0) is 28.8 Å². The minimum Gasteiger partial charge on any atom is -0.497 e. The highest BCUT2D eigenvalue weighted by Crippen LogP contribution is 2.43. The molecule has 15 heteroatoms. The van der Waals surface area contributed by atoms with E-state index in [0.29, 0.717) is 49.1 Å². The number of β-amino-alcohol motifs (C(OH)–C–C–N with tert-alkyl or cyclic N) is 1. The number of aliphatic hydroxyl groups excluding tert-OH is 1. The maximum atomic E-state index is 14.7. The maximum Gasteiger partial charge on any atom is 0.423 e. The Morgan fingerprint density at radius 3 is 2.38 bits per heavy atom. The van der Waals surface area contributed by atoms with Crippen LogP contribution in [0.25, 0.3) is 0 Å². The average Bonchev–Trinajstić information content (AvgIpc) is 3.86. The molecule has 3 fully saturated rings. The number of piperidine rings is 1. The number of amides is 1. The van der Waals surface area contributed by atoms with Gasteiger partial charge in [0.15, 0.2) is 0 Å². The molecule has 1 aliphatic carbocycles. The molecular weight excluding hydrogens is 691 g/mol. The van der Waals surface area contributed by atoms with Crippen LogP contribution in [-0.4, -0.2) is 87.3 Å². The molecule has 2 aromatic heterocycles. The van der Waals surface area contributed by atoms with Crippen LogP contribution in [0.15, 0.2) is 71.9 Å². The number of carbonyl (C=O) groups excluding carboxylic acids is 1. The van der Waals surface area contributed by atoms with Gasteiger partial charge < -0.3 is 29.3 Å². The summed E-state index contributed by atoms with van der Waals surface area (Å²) in [5, 5.41) is 15.3. The number of ether oxygens (including phenoxy) is 2. The summed E-state index contributed by atoms with van der Waals surface area (Å²) in [6.45, 7) is 1.08. The quantitative estimate of drug-likeness (QED) is 0.252. The van der Waals surface area contributed by atoms with Crippen LogP contribution in [0.5, 0.6) is 5.75 Å². The summed E-state index contributed by atoms with van der Waals surface area (Å²) in [6, 6.07) is 12.8. The number of likely N-dealkylation sites (tertiary alicyclic amines) is 1. The van der Waals surface area contributed by atoms with Gasteiger partial charge in [0.1, 0.15) is 17.4 Å². The lowest BCUT2D eigenvalue weighted by atomic mass is 10.0. The van der Waals surface area contributed by atoms with Gasteiger partial charge in [-0.1, -0.05) is 36.4 Å². The number of aliphatic hydroxyl groups is 1. The van der Waals surface area contributed by atoms with E-state index < -0.39 is 41.6 Å². The molecule has 1 N–H and O–H groups in total. The zero-order valence-electron chi connectivity index (χ0n) is 29.2. The normalized spacial score (nSPS) is 23.1. The van der Waals surface area contributed by atoms with Crippen molar-refractivity contribution in [3.63, 3.8) is 0 Å². The fraction of sp³-hybridized carbons (Fsp3) is 0.447. The summed E-state index contributed by atoms with van der Waals surface area (Å²) in [5.41, 5.74) is 0.339. The van der Waals surface area contributed by atoms with E-state index in [2.05, 4.69) is 15.1 Å². The summed E-state index contributed by atoms with van der Waals surface area (Å²) in [7, 11) is 1.51. The Bertz CT molecular complexity index is 2020. The zero-order chi connectivity index (χ0) is 36.9. The molecule has 0 radical (unpaired) electrons. The topological polar surface area (TPSA) is 126 Å². The Morgan fingerprint density at radius 2 is 1.68 bits per heavy atom. The molecule has 12 nitrogen and oxygen atoms in total. The van der Waals surface area contributed by atoms with Gasteiger partial charge in [0, 0.05) is 45.0 Å². The van der Waals surface area contributed by atoms with Crippen LogP contribution in [0.2, 0.25) is 0 Å². The SMILES string of the molecule is COc1ccc(Cn2ncc(N3Cc4ccccc4C3CO[C@@H]3CCN([C@@H]4CCN(c5ncc(C6CC6)cn5)C[C@H]4O)C3=O)c(C(F)(F)F)c2=O)cc1. The first-order chi connectivity index (χ1) is 25.6. The Labute approximate surface area is 303 Å². The van der Waals surface area contributed by atoms with Gasteiger partial charge in [0.05, 0.1) is 50.3 Å². The van der Waals surface area contributed by atoms with Crippen molar-refractivity contribution in [2.24, 2.45) is 0 Å². The predicted molar refractivity (Wildman–Crippen MR) is 188 cm³/mol. The van der Waals surface area contributed by atoms with Crippen molar-refractivity contribution in [3.8, 4) is 5.75 Å². The third-order valence-corrected chi connectivity index (χ3v) is 10.8. The number of hydrogen-bond donors (Lipinski definition) is 1. The highest BCUT2D eigenvalue weighted by molar-refractivity contribution is 5.83. The number of methoxy groups -OCH3 is 1. The molecule has 1 saturated carbocycles. The lowest BCUT2D eigenvalue weighted by Crippen LogP contribution is -2.55. The van der Waals surface area contributed by atoms with Crippen molar-refractivity contribution in [2.75, 3.05) is 43.2 Å². The molecule has 1 amide bonds.